The van der Waals surface area contributed by atoms with Crippen LogP contribution < -0.4 is 5.32 Å². The number of carbonyl (C=O) groups is 2. The molecule has 140 valence electrons. The van der Waals surface area contributed by atoms with Crippen LogP contribution in [0.3, 0.4) is 0 Å². The number of esters is 1. The van der Waals surface area contributed by atoms with Crippen LogP contribution in [0.5, 0.6) is 0 Å². The van der Waals surface area contributed by atoms with Crippen LogP contribution in [0.1, 0.15) is 24.8 Å². The lowest BCUT2D eigenvalue weighted by Crippen LogP contribution is -2.45. The molecule has 1 spiro atoms. The van der Waals surface area contributed by atoms with E-state index in [1.54, 1.807) is 0 Å². The third-order valence-corrected chi connectivity index (χ3v) is 4.57. The smallest absolute Gasteiger partial charge is 0.408 e. The number of methoxy groups -OCH3 is 1. The average molecular weight is 361 g/mol. The fourth-order valence-corrected chi connectivity index (χ4v) is 3.15. The summed E-state index contributed by atoms with van der Waals surface area (Å²) in [4.78, 5) is 24.3. The van der Waals surface area contributed by atoms with Crippen molar-refractivity contribution >= 4 is 12.1 Å². The van der Waals surface area contributed by atoms with Gasteiger partial charge in [-0.15, -0.1) is 0 Å². The quantitative estimate of drug-likeness (QED) is 0.640. The van der Waals surface area contributed by atoms with Crippen LogP contribution in [0, 0.1) is 0 Å². The van der Waals surface area contributed by atoms with Gasteiger partial charge in [0, 0.05) is 12.8 Å². The molecule has 1 saturated heterocycles. The Bertz CT molecular complexity index is 666. The zero-order valence-electron chi connectivity index (χ0n) is 14.7. The number of ether oxygens (including phenoxy) is 4. The van der Waals surface area contributed by atoms with E-state index >= 15 is 0 Å². The van der Waals surface area contributed by atoms with E-state index in [2.05, 4.69) is 5.32 Å². The minimum atomic E-state index is -0.873. The second-order valence-corrected chi connectivity index (χ2v) is 6.25. The molecule has 26 heavy (non-hydrogen) atoms. The summed E-state index contributed by atoms with van der Waals surface area (Å²) in [6.07, 6.45) is 2.95. The van der Waals surface area contributed by atoms with Gasteiger partial charge in [-0.05, 0) is 17.6 Å². The van der Waals surface area contributed by atoms with Crippen molar-refractivity contribution in [2.24, 2.45) is 0 Å². The standard InChI is InChI=1S/C19H23NO6/c1-23-17(21)16(15-7-9-19(10-8-15)25-11-12-26-19)20-18(22)24-13-14-5-3-2-4-6-14/h2-7,16H,8-13H2,1H3,(H,20,22)/t16-/m0/s1. The normalized spacial score (nSPS) is 19.5. The molecule has 1 aliphatic heterocycles. The molecule has 1 aliphatic carbocycles. The zero-order chi connectivity index (χ0) is 18.4. The number of carbonyl (C=O) groups excluding carboxylic acids is 2. The number of nitrogens with one attached hydrogen (secondary N) is 1. The molecule has 0 saturated carbocycles. The Morgan fingerprint density at radius 2 is 1.96 bits per heavy atom. The lowest BCUT2D eigenvalue weighted by atomic mass is 9.90. The topological polar surface area (TPSA) is 83.1 Å². The number of alkyl carbamates (subject to hydrolysis) is 1. The summed E-state index contributed by atoms with van der Waals surface area (Å²) in [6.45, 7) is 1.28. The molecule has 0 bridgehead atoms. The van der Waals surface area contributed by atoms with Crippen LogP contribution in [-0.4, -0.2) is 44.2 Å². The first kappa shape index (κ1) is 18.4. The highest BCUT2D eigenvalue weighted by Crippen LogP contribution is 2.36. The van der Waals surface area contributed by atoms with Gasteiger partial charge in [0.1, 0.15) is 6.61 Å². The van der Waals surface area contributed by atoms with Crippen LogP contribution in [0.2, 0.25) is 0 Å². The van der Waals surface area contributed by atoms with Crippen molar-refractivity contribution < 1.29 is 28.5 Å². The van der Waals surface area contributed by atoms with Crippen LogP contribution in [0.15, 0.2) is 42.0 Å². The Hall–Kier alpha value is -2.38. The Kier molecular flexibility index (Phi) is 5.90. The van der Waals surface area contributed by atoms with E-state index in [1.165, 1.54) is 7.11 Å². The summed E-state index contributed by atoms with van der Waals surface area (Å²) >= 11 is 0. The lowest BCUT2D eigenvalue weighted by Gasteiger charge is -2.32. The number of rotatable bonds is 5. The Morgan fingerprint density at radius 1 is 1.23 bits per heavy atom. The van der Waals surface area contributed by atoms with Crippen LogP contribution >= 0.6 is 0 Å². The van der Waals surface area contributed by atoms with E-state index in [1.807, 2.05) is 36.4 Å². The number of hydrogen-bond donors (Lipinski definition) is 1. The van der Waals surface area contributed by atoms with E-state index in [9.17, 15) is 9.59 Å². The minimum absolute atomic E-state index is 0.129. The van der Waals surface area contributed by atoms with Crippen molar-refractivity contribution in [2.75, 3.05) is 20.3 Å². The van der Waals surface area contributed by atoms with Gasteiger partial charge in [0.2, 0.25) is 0 Å². The van der Waals surface area contributed by atoms with Crippen molar-refractivity contribution in [3.63, 3.8) is 0 Å². The summed E-state index contributed by atoms with van der Waals surface area (Å²) in [5.74, 6) is -1.12. The Labute approximate surface area is 152 Å². The molecule has 1 fully saturated rings. The second kappa shape index (κ2) is 8.33. The van der Waals surface area contributed by atoms with Crippen molar-refractivity contribution in [1.82, 2.24) is 5.32 Å². The van der Waals surface area contributed by atoms with E-state index in [0.717, 1.165) is 11.1 Å². The highest BCUT2D eigenvalue weighted by atomic mass is 16.7. The molecule has 1 aromatic carbocycles. The van der Waals surface area contributed by atoms with E-state index in [4.69, 9.17) is 18.9 Å². The van der Waals surface area contributed by atoms with Crippen LogP contribution in [-0.2, 0) is 30.3 Å². The first-order valence-corrected chi connectivity index (χ1v) is 8.64. The predicted molar refractivity (Wildman–Crippen MR) is 92.1 cm³/mol. The average Bonchev–Trinajstić information content (AvgIpc) is 3.13. The van der Waals surface area contributed by atoms with Gasteiger partial charge in [0.15, 0.2) is 11.8 Å². The molecule has 1 atom stereocenters. The molecule has 3 rings (SSSR count). The fraction of sp³-hybridized carbons (Fsp3) is 0.474. The monoisotopic (exact) mass is 361 g/mol. The van der Waals surface area contributed by atoms with Gasteiger partial charge in [0.05, 0.1) is 20.3 Å². The molecule has 1 heterocycles. The van der Waals surface area contributed by atoms with Gasteiger partial charge in [-0.25, -0.2) is 9.59 Å². The molecular weight excluding hydrogens is 338 g/mol. The number of hydrogen-bond acceptors (Lipinski definition) is 6. The molecule has 7 nitrogen and oxygen atoms in total. The largest absolute Gasteiger partial charge is 0.467 e. The zero-order valence-corrected chi connectivity index (χ0v) is 14.7. The number of benzene rings is 1. The van der Waals surface area contributed by atoms with Gasteiger partial charge in [-0.2, -0.15) is 0 Å². The van der Waals surface area contributed by atoms with Gasteiger partial charge < -0.3 is 24.3 Å². The summed E-state index contributed by atoms with van der Waals surface area (Å²) < 4.78 is 21.4. The summed E-state index contributed by atoms with van der Waals surface area (Å²) in [5.41, 5.74) is 1.64. The first-order valence-electron chi connectivity index (χ1n) is 8.64. The molecule has 1 amide bonds. The minimum Gasteiger partial charge on any atom is -0.467 e. The third kappa shape index (κ3) is 4.42. The van der Waals surface area contributed by atoms with Crippen molar-refractivity contribution in [1.29, 1.82) is 0 Å². The molecule has 7 heteroatoms. The maximum Gasteiger partial charge on any atom is 0.408 e. The summed E-state index contributed by atoms with van der Waals surface area (Å²) in [5, 5.41) is 2.60. The highest BCUT2D eigenvalue weighted by molar-refractivity contribution is 5.84. The SMILES string of the molecule is COC(=O)[C@@H](NC(=O)OCc1ccccc1)C1=CCC2(CC1)OCCO2. The molecule has 2 aliphatic rings. The maximum atomic E-state index is 12.1. The molecule has 0 unspecified atom stereocenters. The van der Waals surface area contributed by atoms with Crippen molar-refractivity contribution in [3.8, 4) is 0 Å². The lowest BCUT2D eigenvalue weighted by molar-refractivity contribution is -0.162. The molecule has 0 radical (unpaired) electrons. The molecule has 1 aromatic rings. The van der Waals surface area contributed by atoms with E-state index < -0.39 is 23.9 Å². The summed E-state index contributed by atoms with van der Waals surface area (Å²) in [6, 6.07) is 8.46. The van der Waals surface area contributed by atoms with Gasteiger partial charge >= 0.3 is 12.1 Å². The predicted octanol–water partition coefficient (Wildman–Crippen LogP) is 2.31. The molecule has 0 aromatic heterocycles. The molecule has 1 N–H and O–H groups in total. The Balaban J connectivity index is 1.60. The summed E-state index contributed by atoms with van der Waals surface area (Å²) in [7, 11) is 1.29. The van der Waals surface area contributed by atoms with E-state index in [0.29, 0.717) is 32.5 Å². The van der Waals surface area contributed by atoms with Crippen LogP contribution in [0.4, 0.5) is 4.79 Å². The van der Waals surface area contributed by atoms with Gasteiger partial charge in [-0.1, -0.05) is 36.4 Å². The fourth-order valence-electron chi connectivity index (χ4n) is 3.15. The molecular formula is C19H23NO6. The first-order chi connectivity index (χ1) is 12.6. The third-order valence-electron chi connectivity index (χ3n) is 4.57. The number of amides is 1. The Morgan fingerprint density at radius 3 is 2.58 bits per heavy atom. The van der Waals surface area contributed by atoms with Crippen LogP contribution in [0.25, 0.3) is 0 Å². The maximum absolute atomic E-state index is 12.1. The highest BCUT2D eigenvalue weighted by Gasteiger charge is 2.40. The van der Waals surface area contributed by atoms with Gasteiger partial charge in [-0.3, -0.25) is 0 Å². The van der Waals surface area contributed by atoms with E-state index in [-0.39, 0.29) is 6.61 Å². The van der Waals surface area contributed by atoms with Crippen molar-refractivity contribution in [2.45, 2.75) is 37.7 Å². The van der Waals surface area contributed by atoms with Gasteiger partial charge in [0.25, 0.3) is 0 Å². The van der Waals surface area contributed by atoms with Crippen molar-refractivity contribution in [3.05, 3.63) is 47.5 Å². The second-order valence-electron chi connectivity index (χ2n) is 6.25.